The van der Waals surface area contributed by atoms with Gasteiger partial charge in [-0.2, -0.15) is 0 Å². The third kappa shape index (κ3) is 8.08. The summed E-state index contributed by atoms with van der Waals surface area (Å²) in [5.74, 6) is 0.283. The highest BCUT2D eigenvalue weighted by atomic mass is 35.5. The maximum Gasteiger partial charge on any atom is 0.237 e. The van der Waals surface area contributed by atoms with Gasteiger partial charge in [0.1, 0.15) is 0 Å². The minimum Gasteiger partial charge on any atom is -0.381 e. The molecule has 1 aliphatic heterocycles. The number of nitrogens with one attached hydrogen (secondary N) is 1. The summed E-state index contributed by atoms with van der Waals surface area (Å²) in [6, 6.07) is -0.369. The largest absolute Gasteiger partial charge is 0.381 e. The molecule has 20 heavy (non-hydrogen) atoms. The van der Waals surface area contributed by atoms with Crippen molar-refractivity contribution in [2.24, 2.45) is 17.1 Å². The summed E-state index contributed by atoms with van der Waals surface area (Å²) >= 11 is 0. The van der Waals surface area contributed by atoms with E-state index in [9.17, 15) is 4.79 Å². The van der Waals surface area contributed by atoms with Crippen LogP contribution in [0.15, 0.2) is 0 Å². The van der Waals surface area contributed by atoms with E-state index in [2.05, 4.69) is 26.1 Å². The van der Waals surface area contributed by atoms with Crippen molar-refractivity contribution in [2.75, 3.05) is 19.8 Å². The first-order valence-corrected chi connectivity index (χ1v) is 7.51. The molecule has 0 saturated carbocycles. The zero-order chi connectivity index (χ0) is 14.3. The predicted molar refractivity (Wildman–Crippen MR) is 85.1 cm³/mol. The number of nitrogens with two attached hydrogens (primary N) is 1. The molecule has 1 unspecified atom stereocenters. The molecule has 0 aromatic rings. The monoisotopic (exact) mass is 306 g/mol. The number of carbonyl (C=O) groups is 1. The summed E-state index contributed by atoms with van der Waals surface area (Å²) in [6.45, 7) is 8.94. The first-order valence-electron chi connectivity index (χ1n) is 7.51. The molecule has 1 saturated heterocycles. The fourth-order valence-corrected chi connectivity index (χ4v) is 2.40. The van der Waals surface area contributed by atoms with Crippen LogP contribution in [0, 0.1) is 11.3 Å². The molecule has 0 bridgehead atoms. The lowest BCUT2D eigenvalue weighted by Gasteiger charge is -2.26. The van der Waals surface area contributed by atoms with E-state index < -0.39 is 0 Å². The van der Waals surface area contributed by atoms with E-state index in [1.165, 1.54) is 6.42 Å². The average Bonchev–Trinajstić information content (AvgIpc) is 2.37. The highest BCUT2D eigenvalue weighted by Crippen LogP contribution is 2.21. The van der Waals surface area contributed by atoms with Gasteiger partial charge in [-0.1, -0.05) is 27.2 Å². The van der Waals surface area contributed by atoms with Crippen molar-refractivity contribution in [1.29, 1.82) is 0 Å². The van der Waals surface area contributed by atoms with Gasteiger partial charge < -0.3 is 15.8 Å². The van der Waals surface area contributed by atoms with Crippen LogP contribution in [0.4, 0.5) is 0 Å². The van der Waals surface area contributed by atoms with E-state index in [4.69, 9.17) is 10.5 Å². The lowest BCUT2D eigenvalue weighted by molar-refractivity contribution is -0.124. The average molecular weight is 307 g/mol. The molecule has 0 aromatic heterocycles. The van der Waals surface area contributed by atoms with Crippen LogP contribution in [0.2, 0.25) is 0 Å². The van der Waals surface area contributed by atoms with Crippen molar-refractivity contribution in [1.82, 2.24) is 5.32 Å². The lowest BCUT2D eigenvalue weighted by Crippen LogP contribution is -2.47. The van der Waals surface area contributed by atoms with E-state index in [-0.39, 0.29) is 30.3 Å². The minimum absolute atomic E-state index is 0. The quantitative estimate of drug-likeness (QED) is 0.741. The normalized spacial score (nSPS) is 18.2. The Morgan fingerprint density at radius 3 is 2.45 bits per heavy atom. The highest BCUT2D eigenvalue weighted by molar-refractivity contribution is 5.85. The van der Waals surface area contributed by atoms with E-state index in [0.29, 0.717) is 5.41 Å². The fourth-order valence-electron chi connectivity index (χ4n) is 2.40. The second-order valence-corrected chi connectivity index (χ2v) is 6.78. The molecule has 0 aliphatic carbocycles. The molecule has 3 N–H and O–H groups in total. The van der Waals surface area contributed by atoms with Crippen molar-refractivity contribution in [2.45, 2.75) is 58.9 Å². The van der Waals surface area contributed by atoms with Crippen molar-refractivity contribution in [3.63, 3.8) is 0 Å². The Balaban J connectivity index is 0.00000361. The van der Waals surface area contributed by atoms with Crippen LogP contribution in [0.5, 0.6) is 0 Å². The number of halogens is 1. The molecule has 1 fully saturated rings. The van der Waals surface area contributed by atoms with Gasteiger partial charge in [-0.3, -0.25) is 4.79 Å². The maximum absolute atomic E-state index is 11.9. The molecular formula is C15H31ClN2O2. The second kappa shape index (κ2) is 9.59. The molecule has 4 nitrogen and oxygen atoms in total. The Morgan fingerprint density at radius 1 is 1.30 bits per heavy atom. The Kier molecular flexibility index (Phi) is 9.43. The Hall–Kier alpha value is -0.320. The van der Waals surface area contributed by atoms with Gasteiger partial charge in [-0.25, -0.2) is 0 Å². The van der Waals surface area contributed by atoms with Crippen LogP contribution in [0.1, 0.15) is 52.9 Å². The standard InChI is InChI=1S/C15H30N2O2.ClH/c1-15(2,3)8-4-5-9-17-14(18)13(16)12-6-10-19-11-7-12;/h12-13H,4-11,16H2,1-3H3,(H,17,18);1H. The second-order valence-electron chi connectivity index (χ2n) is 6.78. The molecular weight excluding hydrogens is 276 g/mol. The number of ether oxygens (including phenoxy) is 1. The van der Waals surface area contributed by atoms with Gasteiger partial charge >= 0.3 is 0 Å². The summed E-state index contributed by atoms with van der Waals surface area (Å²) in [5.41, 5.74) is 6.39. The van der Waals surface area contributed by atoms with Crippen LogP contribution < -0.4 is 11.1 Å². The number of amides is 1. The third-order valence-electron chi connectivity index (χ3n) is 3.73. The zero-order valence-electron chi connectivity index (χ0n) is 13.1. The predicted octanol–water partition coefficient (Wildman–Crippen LogP) is 2.49. The summed E-state index contributed by atoms with van der Waals surface area (Å²) in [4.78, 5) is 11.9. The number of hydrogen-bond acceptors (Lipinski definition) is 3. The zero-order valence-corrected chi connectivity index (χ0v) is 13.9. The molecule has 5 heteroatoms. The van der Waals surface area contributed by atoms with E-state index in [1.807, 2.05) is 0 Å². The molecule has 1 heterocycles. The number of rotatable bonds is 6. The van der Waals surface area contributed by atoms with Gasteiger partial charge in [-0.05, 0) is 37.0 Å². The number of hydrogen-bond donors (Lipinski definition) is 2. The molecule has 1 atom stereocenters. The molecule has 0 aromatic carbocycles. The highest BCUT2D eigenvalue weighted by Gasteiger charge is 2.26. The van der Waals surface area contributed by atoms with Gasteiger partial charge in [0.25, 0.3) is 0 Å². The molecule has 0 radical (unpaired) electrons. The SMILES string of the molecule is CC(C)(C)CCCCNC(=O)C(N)C1CCOCC1.Cl. The maximum atomic E-state index is 11.9. The van der Waals surface area contributed by atoms with Crippen LogP contribution in [0.25, 0.3) is 0 Å². The Morgan fingerprint density at radius 2 is 1.90 bits per heavy atom. The van der Waals surface area contributed by atoms with Crippen LogP contribution >= 0.6 is 12.4 Å². The van der Waals surface area contributed by atoms with Crippen LogP contribution in [0.3, 0.4) is 0 Å². The molecule has 0 spiro atoms. The van der Waals surface area contributed by atoms with E-state index >= 15 is 0 Å². The fraction of sp³-hybridized carbons (Fsp3) is 0.933. The van der Waals surface area contributed by atoms with Crippen LogP contribution in [-0.4, -0.2) is 31.7 Å². The topological polar surface area (TPSA) is 64.4 Å². The Labute approximate surface area is 129 Å². The van der Waals surface area contributed by atoms with Crippen LogP contribution in [-0.2, 0) is 9.53 Å². The minimum atomic E-state index is -0.369. The summed E-state index contributed by atoms with van der Waals surface area (Å²) < 4.78 is 5.29. The number of carbonyl (C=O) groups excluding carboxylic acids is 1. The van der Waals surface area contributed by atoms with E-state index in [0.717, 1.165) is 45.4 Å². The van der Waals surface area contributed by atoms with Gasteiger partial charge in [0.05, 0.1) is 6.04 Å². The number of unbranched alkanes of at least 4 members (excludes halogenated alkanes) is 1. The smallest absolute Gasteiger partial charge is 0.237 e. The molecule has 120 valence electrons. The van der Waals surface area contributed by atoms with E-state index in [1.54, 1.807) is 0 Å². The molecule has 1 aliphatic rings. The van der Waals surface area contributed by atoms with Gasteiger partial charge in [-0.15, -0.1) is 12.4 Å². The third-order valence-corrected chi connectivity index (χ3v) is 3.73. The summed E-state index contributed by atoms with van der Waals surface area (Å²) in [5, 5.41) is 2.96. The van der Waals surface area contributed by atoms with Gasteiger partial charge in [0.15, 0.2) is 0 Å². The first-order chi connectivity index (χ1) is 8.90. The van der Waals surface area contributed by atoms with Crippen molar-refractivity contribution in [3.8, 4) is 0 Å². The summed E-state index contributed by atoms with van der Waals surface area (Å²) in [7, 11) is 0. The van der Waals surface area contributed by atoms with Crippen molar-refractivity contribution in [3.05, 3.63) is 0 Å². The molecule has 1 rings (SSSR count). The van der Waals surface area contributed by atoms with Gasteiger partial charge in [0, 0.05) is 19.8 Å². The lowest BCUT2D eigenvalue weighted by atomic mass is 9.90. The molecule has 1 amide bonds. The Bertz CT molecular complexity index is 274. The van der Waals surface area contributed by atoms with Gasteiger partial charge in [0.2, 0.25) is 5.91 Å². The van der Waals surface area contributed by atoms with Crippen molar-refractivity contribution < 1.29 is 9.53 Å². The van der Waals surface area contributed by atoms with Crippen molar-refractivity contribution >= 4 is 18.3 Å². The summed E-state index contributed by atoms with van der Waals surface area (Å²) in [6.07, 6.45) is 5.17. The first kappa shape index (κ1) is 19.7.